The van der Waals surface area contributed by atoms with Crippen LogP contribution in [0.2, 0.25) is 0 Å². The van der Waals surface area contributed by atoms with Crippen molar-refractivity contribution in [3.63, 3.8) is 0 Å². The van der Waals surface area contributed by atoms with Crippen molar-refractivity contribution in [1.29, 1.82) is 0 Å². The van der Waals surface area contributed by atoms with Crippen molar-refractivity contribution in [2.75, 3.05) is 14.2 Å². The summed E-state index contributed by atoms with van der Waals surface area (Å²) >= 11 is 0. The molecule has 0 amide bonds. The summed E-state index contributed by atoms with van der Waals surface area (Å²) in [5, 5.41) is 20.5. The average molecular weight is 341 g/mol. The third kappa shape index (κ3) is 4.60. The number of rotatable bonds is 7. The van der Waals surface area contributed by atoms with Gasteiger partial charge in [0.25, 0.3) is 0 Å². The van der Waals surface area contributed by atoms with Crippen LogP contribution in [0.5, 0.6) is 17.2 Å². The van der Waals surface area contributed by atoms with Gasteiger partial charge in [-0.05, 0) is 42.0 Å². The molecule has 0 unspecified atom stereocenters. The maximum atomic E-state index is 12.3. The molecule has 0 saturated carbocycles. The van der Waals surface area contributed by atoms with Crippen LogP contribution in [0.3, 0.4) is 0 Å². The number of carbonyl (C=O) groups excluding carboxylic acids is 2. The van der Waals surface area contributed by atoms with Gasteiger partial charge >= 0.3 is 0 Å². The minimum atomic E-state index is -1.26. The summed E-state index contributed by atoms with van der Waals surface area (Å²) < 4.78 is 10.0. The number of ketones is 1. The van der Waals surface area contributed by atoms with E-state index in [2.05, 4.69) is 0 Å². The molecule has 0 saturated heterocycles. The van der Waals surface area contributed by atoms with Crippen molar-refractivity contribution in [2.24, 2.45) is 0 Å². The van der Waals surface area contributed by atoms with Crippen LogP contribution in [0.25, 0.3) is 6.08 Å². The van der Waals surface area contributed by atoms with E-state index in [4.69, 9.17) is 9.47 Å². The van der Waals surface area contributed by atoms with Gasteiger partial charge in [-0.1, -0.05) is 12.1 Å². The van der Waals surface area contributed by atoms with Gasteiger partial charge in [-0.25, -0.2) is 0 Å². The molecule has 0 spiro atoms. The zero-order chi connectivity index (χ0) is 18.4. The van der Waals surface area contributed by atoms with Crippen molar-refractivity contribution in [3.05, 3.63) is 59.2 Å². The van der Waals surface area contributed by atoms with E-state index >= 15 is 0 Å². The molecule has 1 N–H and O–H groups in total. The standard InChI is InChI=1S/C19H18O6/c1-24-17-8-5-13(10-14(17)11-19(22)23)15(20)6-3-12-4-7-18(25-2)16(21)9-12/h3-10,21H,11H2,1-2H3,(H,22,23)/p-1/b6-3+. The first-order valence-electron chi connectivity index (χ1n) is 7.40. The fourth-order valence-corrected chi connectivity index (χ4v) is 2.30. The lowest BCUT2D eigenvalue weighted by Crippen LogP contribution is -2.24. The molecule has 0 atom stereocenters. The Labute approximate surface area is 144 Å². The number of carboxylic acids is 1. The number of carboxylic acid groups (broad SMARTS) is 1. The summed E-state index contributed by atoms with van der Waals surface area (Å²) in [6.45, 7) is 0. The van der Waals surface area contributed by atoms with E-state index < -0.39 is 5.97 Å². The van der Waals surface area contributed by atoms with Crippen LogP contribution in [0.1, 0.15) is 21.5 Å². The lowest BCUT2D eigenvalue weighted by atomic mass is 10.0. The second-order valence-corrected chi connectivity index (χ2v) is 5.20. The minimum absolute atomic E-state index is 0.0298. The molecule has 2 aromatic rings. The van der Waals surface area contributed by atoms with Crippen LogP contribution in [-0.2, 0) is 11.2 Å². The van der Waals surface area contributed by atoms with E-state index in [1.165, 1.54) is 32.4 Å². The van der Waals surface area contributed by atoms with Crippen LogP contribution < -0.4 is 14.6 Å². The lowest BCUT2D eigenvalue weighted by Gasteiger charge is -2.10. The van der Waals surface area contributed by atoms with Crippen LogP contribution >= 0.6 is 0 Å². The highest BCUT2D eigenvalue weighted by Crippen LogP contribution is 2.27. The number of methoxy groups -OCH3 is 2. The number of phenolic OH excluding ortho intramolecular Hbond substituents is 1. The van der Waals surface area contributed by atoms with E-state index in [1.54, 1.807) is 30.3 Å². The largest absolute Gasteiger partial charge is 0.550 e. The Hall–Kier alpha value is -3.28. The number of aromatic hydroxyl groups is 1. The van der Waals surface area contributed by atoms with Crippen molar-refractivity contribution >= 4 is 17.8 Å². The number of allylic oxidation sites excluding steroid dienone is 1. The van der Waals surface area contributed by atoms with Gasteiger partial charge in [0.15, 0.2) is 17.3 Å². The van der Waals surface area contributed by atoms with Gasteiger partial charge in [-0.2, -0.15) is 0 Å². The molecule has 6 nitrogen and oxygen atoms in total. The van der Waals surface area contributed by atoms with Crippen molar-refractivity contribution in [3.8, 4) is 17.2 Å². The highest BCUT2D eigenvalue weighted by atomic mass is 16.5. The Balaban J connectivity index is 2.22. The Bertz CT molecular complexity index is 823. The highest BCUT2D eigenvalue weighted by Gasteiger charge is 2.09. The number of aliphatic carboxylic acids is 1. The molecule has 0 heterocycles. The summed E-state index contributed by atoms with van der Waals surface area (Å²) in [5.74, 6) is -0.877. The SMILES string of the molecule is COc1ccc(/C=C/C(=O)c2ccc(OC)c(CC(=O)[O-])c2)cc1O. The lowest BCUT2D eigenvalue weighted by molar-refractivity contribution is -0.304. The van der Waals surface area contributed by atoms with Gasteiger partial charge in [0.1, 0.15) is 5.75 Å². The first-order valence-corrected chi connectivity index (χ1v) is 7.40. The zero-order valence-electron chi connectivity index (χ0n) is 13.8. The number of phenols is 1. The number of hydrogen-bond donors (Lipinski definition) is 1. The monoisotopic (exact) mass is 341 g/mol. The van der Waals surface area contributed by atoms with Crippen LogP contribution in [0, 0.1) is 0 Å². The molecule has 0 aliphatic heterocycles. The summed E-state index contributed by atoms with van der Waals surface area (Å²) in [4.78, 5) is 23.1. The number of ether oxygens (including phenoxy) is 2. The average Bonchev–Trinajstić information content (AvgIpc) is 2.59. The molecule has 0 aliphatic carbocycles. The third-order valence-electron chi connectivity index (χ3n) is 3.53. The van der Waals surface area contributed by atoms with Crippen LogP contribution in [-0.4, -0.2) is 31.1 Å². The molecule has 0 aromatic heterocycles. The van der Waals surface area contributed by atoms with E-state index in [9.17, 15) is 19.8 Å². The van der Waals surface area contributed by atoms with E-state index in [0.29, 0.717) is 28.2 Å². The molecular formula is C19H17O6-. The van der Waals surface area contributed by atoms with Gasteiger partial charge in [0.05, 0.1) is 14.2 Å². The Morgan fingerprint density at radius 1 is 1.08 bits per heavy atom. The fraction of sp³-hybridized carbons (Fsp3) is 0.158. The highest BCUT2D eigenvalue weighted by molar-refractivity contribution is 6.07. The smallest absolute Gasteiger partial charge is 0.185 e. The quantitative estimate of drug-likeness (QED) is 0.607. The van der Waals surface area contributed by atoms with E-state index in [0.717, 1.165) is 0 Å². The number of carbonyl (C=O) groups is 2. The Morgan fingerprint density at radius 3 is 2.36 bits per heavy atom. The van der Waals surface area contributed by atoms with E-state index in [1.807, 2.05) is 0 Å². The number of benzene rings is 2. The molecule has 0 aliphatic rings. The second kappa shape index (κ2) is 8.01. The Morgan fingerprint density at radius 2 is 1.76 bits per heavy atom. The third-order valence-corrected chi connectivity index (χ3v) is 3.53. The van der Waals surface area contributed by atoms with Crippen molar-refractivity contribution in [1.82, 2.24) is 0 Å². The zero-order valence-corrected chi connectivity index (χ0v) is 13.8. The van der Waals surface area contributed by atoms with Gasteiger partial charge in [-0.15, -0.1) is 0 Å². The molecule has 0 bridgehead atoms. The first-order chi connectivity index (χ1) is 11.9. The van der Waals surface area contributed by atoms with Crippen LogP contribution in [0.4, 0.5) is 0 Å². The normalized spacial score (nSPS) is 10.6. The van der Waals surface area contributed by atoms with Gasteiger partial charge < -0.3 is 24.5 Å². The van der Waals surface area contributed by atoms with Crippen molar-refractivity contribution in [2.45, 2.75) is 6.42 Å². The van der Waals surface area contributed by atoms with Gasteiger partial charge in [-0.3, -0.25) is 4.79 Å². The van der Waals surface area contributed by atoms with Crippen molar-refractivity contribution < 1.29 is 29.3 Å². The summed E-state index contributed by atoms with van der Waals surface area (Å²) in [5.41, 5.74) is 1.31. The number of hydrogen-bond acceptors (Lipinski definition) is 6. The molecule has 2 rings (SSSR count). The van der Waals surface area contributed by atoms with Gasteiger partial charge in [0.2, 0.25) is 0 Å². The Kier molecular flexibility index (Phi) is 5.79. The second-order valence-electron chi connectivity index (χ2n) is 5.20. The maximum absolute atomic E-state index is 12.3. The van der Waals surface area contributed by atoms with Gasteiger partial charge in [0, 0.05) is 23.5 Å². The van der Waals surface area contributed by atoms with E-state index in [-0.39, 0.29) is 18.0 Å². The fourth-order valence-electron chi connectivity index (χ4n) is 2.30. The molecule has 6 heteroatoms. The summed E-state index contributed by atoms with van der Waals surface area (Å²) in [7, 11) is 2.87. The first kappa shape index (κ1) is 18.1. The maximum Gasteiger partial charge on any atom is 0.185 e. The summed E-state index contributed by atoms with van der Waals surface area (Å²) in [6, 6.07) is 9.31. The topological polar surface area (TPSA) is 95.9 Å². The molecule has 130 valence electrons. The minimum Gasteiger partial charge on any atom is -0.550 e. The molecule has 0 fully saturated rings. The predicted molar refractivity (Wildman–Crippen MR) is 89.7 cm³/mol. The molecule has 25 heavy (non-hydrogen) atoms. The predicted octanol–water partition coefficient (Wildman–Crippen LogP) is 1.60. The molecular weight excluding hydrogens is 324 g/mol. The van der Waals surface area contributed by atoms with Crippen LogP contribution in [0.15, 0.2) is 42.5 Å². The summed E-state index contributed by atoms with van der Waals surface area (Å²) in [6.07, 6.45) is 2.54. The molecule has 0 radical (unpaired) electrons. The molecule has 2 aromatic carbocycles.